The van der Waals surface area contributed by atoms with E-state index in [1.54, 1.807) is 0 Å². The smallest absolute Gasteiger partial charge is 0.128 e. The number of hydrogen-bond donors (Lipinski definition) is 1. The molecule has 0 aliphatic carbocycles. The second-order valence-corrected chi connectivity index (χ2v) is 4.61. The molecule has 1 aromatic heterocycles. The molecule has 0 radical (unpaired) electrons. The van der Waals surface area contributed by atoms with Gasteiger partial charge in [-0.1, -0.05) is 6.07 Å². The minimum Gasteiger partial charge on any atom is -0.390 e. The van der Waals surface area contributed by atoms with Crippen LogP contribution in [0.2, 0.25) is 0 Å². The Balaban J connectivity index is 1.95. The van der Waals surface area contributed by atoms with Crippen molar-refractivity contribution in [1.82, 2.24) is 4.98 Å². The number of aliphatic hydroxyl groups excluding tert-OH is 1. The largest absolute Gasteiger partial charge is 0.390 e. The highest BCUT2D eigenvalue weighted by Gasteiger charge is 2.16. The molecule has 1 N–H and O–H groups in total. The lowest BCUT2D eigenvalue weighted by Gasteiger charge is -2.27. The summed E-state index contributed by atoms with van der Waals surface area (Å²) in [5.41, 5.74) is 0.717. The molecule has 1 saturated heterocycles. The second-order valence-electron chi connectivity index (χ2n) is 4.61. The fourth-order valence-corrected chi connectivity index (χ4v) is 2.20. The molecule has 17 heavy (non-hydrogen) atoms. The fraction of sp³-hybridized carbons (Fsp3) is 0.615. The molecule has 0 bridgehead atoms. The van der Waals surface area contributed by atoms with E-state index in [4.69, 9.17) is 9.84 Å². The van der Waals surface area contributed by atoms with E-state index >= 15 is 0 Å². The molecule has 0 amide bonds. The molecule has 0 saturated carbocycles. The Bertz CT molecular complexity index is 351. The summed E-state index contributed by atoms with van der Waals surface area (Å²) in [6.07, 6.45) is 2.38. The summed E-state index contributed by atoms with van der Waals surface area (Å²) in [4.78, 5) is 6.53. The van der Waals surface area contributed by atoms with E-state index in [-0.39, 0.29) is 6.61 Å². The van der Waals surface area contributed by atoms with Crippen LogP contribution >= 0.6 is 0 Å². The average molecular weight is 236 g/mol. The number of anilines is 1. The van der Waals surface area contributed by atoms with Gasteiger partial charge in [0.15, 0.2) is 0 Å². The lowest BCUT2D eigenvalue weighted by Crippen LogP contribution is -2.31. The van der Waals surface area contributed by atoms with E-state index in [1.807, 2.05) is 25.2 Å². The molecule has 1 aliphatic rings. The monoisotopic (exact) mass is 236 g/mol. The van der Waals surface area contributed by atoms with Crippen LogP contribution in [0, 0.1) is 5.92 Å². The highest BCUT2D eigenvalue weighted by molar-refractivity contribution is 5.38. The summed E-state index contributed by atoms with van der Waals surface area (Å²) in [5, 5.41) is 9.06. The molecule has 94 valence electrons. The Kier molecular flexibility index (Phi) is 4.34. The molecule has 1 fully saturated rings. The van der Waals surface area contributed by atoms with Gasteiger partial charge in [-0.2, -0.15) is 0 Å². The van der Waals surface area contributed by atoms with Gasteiger partial charge in [0.25, 0.3) is 0 Å². The van der Waals surface area contributed by atoms with E-state index in [9.17, 15) is 0 Å². The first-order chi connectivity index (χ1) is 8.29. The van der Waals surface area contributed by atoms with E-state index in [0.717, 1.165) is 32.0 Å². The van der Waals surface area contributed by atoms with Gasteiger partial charge in [0, 0.05) is 20.2 Å². The van der Waals surface area contributed by atoms with Crippen molar-refractivity contribution in [2.75, 3.05) is 31.7 Å². The summed E-state index contributed by atoms with van der Waals surface area (Å²) in [7, 11) is 2.04. The number of nitrogens with zero attached hydrogens (tertiary/aromatic N) is 2. The van der Waals surface area contributed by atoms with Gasteiger partial charge in [-0.05, 0) is 30.9 Å². The van der Waals surface area contributed by atoms with Gasteiger partial charge in [0.05, 0.1) is 18.9 Å². The molecule has 0 spiro atoms. The molecule has 1 unspecified atom stereocenters. The first kappa shape index (κ1) is 12.3. The lowest BCUT2D eigenvalue weighted by molar-refractivity contribution is 0.0576. The molecule has 4 nitrogen and oxygen atoms in total. The Morgan fingerprint density at radius 2 is 2.41 bits per heavy atom. The van der Waals surface area contributed by atoms with Crippen molar-refractivity contribution in [3.05, 3.63) is 23.9 Å². The van der Waals surface area contributed by atoms with Crippen LogP contribution in [0.4, 0.5) is 5.82 Å². The summed E-state index contributed by atoms with van der Waals surface area (Å²) in [5.74, 6) is 1.51. The normalized spacial score (nSPS) is 20.2. The standard InChI is InChI=1S/C13H20N2O2/c1-15(8-11-4-3-7-17-10-11)13-6-2-5-12(9-16)14-13/h2,5-6,11,16H,3-4,7-10H2,1H3. The minimum absolute atomic E-state index is 0.00573. The molecule has 4 heteroatoms. The number of ether oxygens (including phenoxy) is 1. The van der Waals surface area contributed by atoms with Crippen LogP contribution in [-0.2, 0) is 11.3 Å². The summed E-state index contributed by atoms with van der Waals surface area (Å²) in [6, 6.07) is 5.74. The van der Waals surface area contributed by atoms with Crippen LogP contribution in [0.25, 0.3) is 0 Å². The van der Waals surface area contributed by atoms with Crippen molar-refractivity contribution in [3.63, 3.8) is 0 Å². The third kappa shape index (κ3) is 3.41. The van der Waals surface area contributed by atoms with Gasteiger partial charge in [0.1, 0.15) is 5.82 Å². The topological polar surface area (TPSA) is 45.6 Å². The number of aliphatic hydroxyl groups is 1. The molecule has 1 aliphatic heterocycles. The third-order valence-corrected chi connectivity index (χ3v) is 3.13. The van der Waals surface area contributed by atoms with Crippen LogP contribution < -0.4 is 4.90 Å². The van der Waals surface area contributed by atoms with Gasteiger partial charge in [-0.15, -0.1) is 0 Å². The van der Waals surface area contributed by atoms with Crippen molar-refractivity contribution in [2.24, 2.45) is 5.92 Å². The number of pyridine rings is 1. The van der Waals surface area contributed by atoms with Crippen molar-refractivity contribution >= 4 is 5.82 Å². The molecule has 2 heterocycles. The Hall–Kier alpha value is -1.13. The van der Waals surface area contributed by atoms with Crippen LogP contribution in [0.15, 0.2) is 18.2 Å². The van der Waals surface area contributed by atoms with E-state index in [2.05, 4.69) is 9.88 Å². The zero-order valence-electron chi connectivity index (χ0n) is 10.3. The molecule has 1 atom stereocenters. The summed E-state index contributed by atoms with van der Waals surface area (Å²) in [6.45, 7) is 2.71. The SMILES string of the molecule is CN(CC1CCCOC1)c1cccc(CO)n1. The highest BCUT2D eigenvalue weighted by atomic mass is 16.5. The first-order valence-corrected chi connectivity index (χ1v) is 6.15. The maximum atomic E-state index is 9.06. The van der Waals surface area contributed by atoms with Gasteiger partial charge in [0.2, 0.25) is 0 Å². The van der Waals surface area contributed by atoms with Crippen molar-refractivity contribution in [3.8, 4) is 0 Å². The van der Waals surface area contributed by atoms with Crippen LogP contribution in [0.1, 0.15) is 18.5 Å². The zero-order chi connectivity index (χ0) is 12.1. The maximum Gasteiger partial charge on any atom is 0.128 e. The highest BCUT2D eigenvalue weighted by Crippen LogP contribution is 2.17. The number of aromatic nitrogens is 1. The Morgan fingerprint density at radius 3 is 3.12 bits per heavy atom. The average Bonchev–Trinajstić information content (AvgIpc) is 2.40. The summed E-state index contributed by atoms with van der Waals surface area (Å²) < 4.78 is 5.48. The Labute approximate surface area is 102 Å². The second kappa shape index (κ2) is 5.98. The minimum atomic E-state index is -0.00573. The number of rotatable bonds is 4. The van der Waals surface area contributed by atoms with Gasteiger partial charge in [-0.25, -0.2) is 4.98 Å². The van der Waals surface area contributed by atoms with Crippen molar-refractivity contribution in [2.45, 2.75) is 19.4 Å². The molecular weight excluding hydrogens is 216 g/mol. The third-order valence-electron chi connectivity index (χ3n) is 3.13. The predicted octanol–water partition coefficient (Wildman–Crippen LogP) is 1.44. The van der Waals surface area contributed by atoms with Gasteiger partial charge in [-0.3, -0.25) is 0 Å². The molecule has 1 aromatic rings. The van der Waals surface area contributed by atoms with E-state index in [0.29, 0.717) is 11.6 Å². The first-order valence-electron chi connectivity index (χ1n) is 6.15. The Morgan fingerprint density at radius 1 is 1.53 bits per heavy atom. The lowest BCUT2D eigenvalue weighted by atomic mass is 10.0. The fourth-order valence-electron chi connectivity index (χ4n) is 2.20. The van der Waals surface area contributed by atoms with E-state index in [1.165, 1.54) is 6.42 Å². The van der Waals surface area contributed by atoms with Crippen molar-refractivity contribution < 1.29 is 9.84 Å². The van der Waals surface area contributed by atoms with Gasteiger partial charge >= 0.3 is 0 Å². The molecule has 2 rings (SSSR count). The van der Waals surface area contributed by atoms with Crippen LogP contribution in [0.3, 0.4) is 0 Å². The number of hydrogen-bond acceptors (Lipinski definition) is 4. The quantitative estimate of drug-likeness (QED) is 0.859. The molecule has 0 aromatic carbocycles. The van der Waals surface area contributed by atoms with Crippen LogP contribution in [0.5, 0.6) is 0 Å². The van der Waals surface area contributed by atoms with Gasteiger partial charge < -0.3 is 14.7 Å². The van der Waals surface area contributed by atoms with Crippen molar-refractivity contribution in [1.29, 1.82) is 0 Å². The van der Waals surface area contributed by atoms with E-state index < -0.39 is 0 Å². The maximum absolute atomic E-state index is 9.06. The molecular formula is C13H20N2O2. The summed E-state index contributed by atoms with van der Waals surface area (Å²) >= 11 is 0. The van der Waals surface area contributed by atoms with Crippen LogP contribution in [-0.4, -0.2) is 36.9 Å². The zero-order valence-corrected chi connectivity index (χ0v) is 10.3. The predicted molar refractivity (Wildman–Crippen MR) is 67.0 cm³/mol.